The number of hydrogen-bond donors (Lipinski definition) is 1. The summed E-state index contributed by atoms with van der Waals surface area (Å²) in [6.07, 6.45) is 0.747. The van der Waals surface area contributed by atoms with E-state index in [1.54, 1.807) is 31.4 Å². The summed E-state index contributed by atoms with van der Waals surface area (Å²) in [6, 6.07) is 6.64. The molecule has 21 heavy (non-hydrogen) atoms. The molecule has 1 aliphatic rings. The van der Waals surface area contributed by atoms with E-state index in [4.69, 9.17) is 4.74 Å². The van der Waals surface area contributed by atoms with Crippen LogP contribution in [-0.2, 0) is 9.59 Å². The second-order valence-electron chi connectivity index (χ2n) is 4.99. The van der Waals surface area contributed by atoms with E-state index in [1.165, 1.54) is 11.8 Å². The highest BCUT2D eigenvalue weighted by Crippen LogP contribution is 2.38. The van der Waals surface area contributed by atoms with Gasteiger partial charge in [0.2, 0.25) is 0 Å². The van der Waals surface area contributed by atoms with E-state index in [-0.39, 0.29) is 11.4 Å². The molecule has 0 spiro atoms. The SMILES string of the molecule is CCCN1C(=O)C(O)=C(C(C)=O)[C@@H]1c1ccc(OC)cc1. The van der Waals surface area contributed by atoms with Gasteiger partial charge < -0.3 is 14.7 Å². The Balaban J connectivity index is 2.48. The molecule has 1 heterocycles. The molecule has 0 aromatic heterocycles. The molecule has 0 aliphatic carbocycles. The topological polar surface area (TPSA) is 66.8 Å². The van der Waals surface area contributed by atoms with Crippen LogP contribution in [0.25, 0.3) is 0 Å². The minimum Gasteiger partial charge on any atom is -0.503 e. The molecule has 1 atom stereocenters. The lowest BCUT2D eigenvalue weighted by molar-refractivity contribution is -0.129. The average Bonchev–Trinajstić information content (AvgIpc) is 2.73. The predicted octanol–water partition coefficient (Wildman–Crippen LogP) is 2.39. The zero-order chi connectivity index (χ0) is 15.6. The van der Waals surface area contributed by atoms with Gasteiger partial charge in [-0.05, 0) is 31.0 Å². The smallest absolute Gasteiger partial charge is 0.290 e. The Kier molecular flexibility index (Phi) is 4.31. The summed E-state index contributed by atoms with van der Waals surface area (Å²) in [5.74, 6) is -0.511. The van der Waals surface area contributed by atoms with Crippen LogP contribution >= 0.6 is 0 Å². The Hall–Kier alpha value is -2.30. The van der Waals surface area contributed by atoms with Crippen molar-refractivity contribution in [3.8, 4) is 5.75 Å². The fraction of sp³-hybridized carbons (Fsp3) is 0.375. The number of methoxy groups -OCH3 is 1. The standard InChI is InChI=1S/C16H19NO4/c1-4-9-17-14(11-5-7-12(21-3)8-6-11)13(10(2)18)15(19)16(17)20/h5-8,14,19H,4,9H2,1-3H3/t14-/m0/s1. The molecule has 112 valence electrons. The van der Waals surface area contributed by atoms with Gasteiger partial charge in [-0.2, -0.15) is 0 Å². The highest BCUT2D eigenvalue weighted by Gasteiger charge is 2.41. The number of carbonyl (C=O) groups excluding carboxylic acids is 2. The third-order valence-corrected chi connectivity index (χ3v) is 3.58. The number of aliphatic hydroxyl groups is 1. The van der Waals surface area contributed by atoms with Gasteiger partial charge in [-0.15, -0.1) is 0 Å². The van der Waals surface area contributed by atoms with Crippen LogP contribution in [0.2, 0.25) is 0 Å². The molecular formula is C16H19NO4. The Morgan fingerprint density at radius 1 is 1.33 bits per heavy atom. The molecule has 1 N–H and O–H groups in total. The maximum atomic E-state index is 12.2. The molecule has 0 unspecified atom stereocenters. The number of ether oxygens (including phenoxy) is 1. The molecule has 1 aromatic rings. The molecule has 5 heteroatoms. The average molecular weight is 289 g/mol. The zero-order valence-electron chi connectivity index (χ0n) is 12.4. The first kappa shape index (κ1) is 15.1. The fourth-order valence-corrected chi connectivity index (χ4v) is 2.62. The molecule has 0 saturated heterocycles. The lowest BCUT2D eigenvalue weighted by Crippen LogP contribution is -2.31. The van der Waals surface area contributed by atoms with Gasteiger partial charge in [0.1, 0.15) is 5.75 Å². The Bertz CT molecular complexity index is 589. The third kappa shape index (κ3) is 2.63. The van der Waals surface area contributed by atoms with Crippen molar-refractivity contribution in [2.45, 2.75) is 26.3 Å². The van der Waals surface area contributed by atoms with Crippen molar-refractivity contribution in [2.24, 2.45) is 0 Å². The van der Waals surface area contributed by atoms with E-state index in [9.17, 15) is 14.7 Å². The Labute approximate surface area is 123 Å². The Morgan fingerprint density at radius 2 is 1.95 bits per heavy atom. The second-order valence-corrected chi connectivity index (χ2v) is 4.99. The molecule has 0 radical (unpaired) electrons. The van der Waals surface area contributed by atoms with E-state index in [0.29, 0.717) is 12.3 Å². The van der Waals surface area contributed by atoms with E-state index in [2.05, 4.69) is 0 Å². The van der Waals surface area contributed by atoms with Crippen LogP contribution in [0.5, 0.6) is 5.75 Å². The van der Waals surface area contributed by atoms with E-state index in [0.717, 1.165) is 12.0 Å². The van der Waals surface area contributed by atoms with Crippen LogP contribution in [0.1, 0.15) is 31.9 Å². The van der Waals surface area contributed by atoms with Gasteiger partial charge in [-0.3, -0.25) is 9.59 Å². The molecule has 1 aromatic carbocycles. The summed E-state index contributed by atoms with van der Waals surface area (Å²) in [7, 11) is 1.57. The lowest BCUT2D eigenvalue weighted by atomic mass is 9.96. The number of nitrogens with zero attached hydrogens (tertiary/aromatic N) is 1. The first-order valence-corrected chi connectivity index (χ1v) is 6.90. The van der Waals surface area contributed by atoms with Gasteiger partial charge in [0.05, 0.1) is 18.7 Å². The first-order valence-electron chi connectivity index (χ1n) is 6.90. The second kappa shape index (κ2) is 5.99. The molecule has 2 rings (SSSR count). The quantitative estimate of drug-likeness (QED) is 0.903. The van der Waals surface area contributed by atoms with Crippen molar-refractivity contribution in [1.82, 2.24) is 4.90 Å². The molecule has 1 amide bonds. The molecule has 0 fully saturated rings. The molecular weight excluding hydrogens is 270 g/mol. The van der Waals surface area contributed by atoms with Crippen molar-refractivity contribution < 1.29 is 19.4 Å². The van der Waals surface area contributed by atoms with Crippen LogP contribution in [0, 0.1) is 0 Å². The maximum absolute atomic E-state index is 12.2. The number of benzene rings is 1. The number of Topliss-reactive ketones (excluding diaryl/α,β-unsaturated/α-hetero) is 1. The third-order valence-electron chi connectivity index (χ3n) is 3.58. The normalized spacial score (nSPS) is 18.3. The first-order chi connectivity index (χ1) is 10.0. The minimum atomic E-state index is -0.527. The summed E-state index contributed by atoms with van der Waals surface area (Å²) in [4.78, 5) is 25.5. The molecule has 0 saturated carbocycles. The van der Waals surface area contributed by atoms with Crippen molar-refractivity contribution in [2.75, 3.05) is 13.7 Å². The number of ketones is 1. The van der Waals surface area contributed by atoms with Gasteiger partial charge in [0.25, 0.3) is 5.91 Å². The van der Waals surface area contributed by atoms with Gasteiger partial charge in [0.15, 0.2) is 11.5 Å². The van der Waals surface area contributed by atoms with Crippen molar-refractivity contribution in [1.29, 1.82) is 0 Å². The number of carbonyl (C=O) groups is 2. The summed E-state index contributed by atoms with van der Waals surface area (Å²) in [5, 5.41) is 10.0. The van der Waals surface area contributed by atoms with Gasteiger partial charge in [-0.1, -0.05) is 19.1 Å². The number of amides is 1. The van der Waals surface area contributed by atoms with Gasteiger partial charge in [0, 0.05) is 6.54 Å². The number of aliphatic hydroxyl groups excluding tert-OH is 1. The highest BCUT2D eigenvalue weighted by atomic mass is 16.5. The lowest BCUT2D eigenvalue weighted by Gasteiger charge is -2.26. The summed E-state index contributed by atoms with van der Waals surface area (Å²) in [6.45, 7) is 3.79. The van der Waals surface area contributed by atoms with Crippen LogP contribution in [-0.4, -0.2) is 35.4 Å². The van der Waals surface area contributed by atoms with Gasteiger partial charge >= 0.3 is 0 Å². The fourth-order valence-electron chi connectivity index (χ4n) is 2.62. The zero-order valence-corrected chi connectivity index (χ0v) is 12.4. The molecule has 0 bridgehead atoms. The Morgan fingerprint density at radius 3 is 2.43 bits per heavy atom. The highest BCUT2D eigenvalue weighted by molar-refractivity contribution is 6.08. The molecule has 1 aliphatic heterocycles. The number of rotatable bonds is 5. The van der Waals surface area contributed by atoms with E-state index >= 15 is 0 Å². The minimum absolute atomic E-state index is 0.165. The summed E-state index contributed by atoms with van der Waals surface area (Å²) >= 11 is 0. The van der Waals surface area contributed by atoms with E-state index < -0.39 is 17.7 Å². The maximum Gasteiger partial charge on any atom is 0.290 e. The van der Waals surface area contributed by atoms with Crippen LogP contribution in [0.4, 0.5) is 0 Å². The van der Waals surface area contributed by atoms with Crippen molar-refractivity contribution in [3.05, 3.63) is 41.2 Å². The van der Waals surface area contributed by atoms with Crippen LogP contribution < -0.4 is 4.74 Å². The largest absolute Gasteiger partial charge is 0.503 e. The van der Waals surface area contributed by atoms with Crippen LogP contribution in [0.15, 0.2) is 35.6 Å². The van der Waals surface area contributed by atoms with E-state index in [1.807, 2.05) is 6.92 Å². The van der Waals surface area contributed by atoms with Crippen molar-refractivity contribution in [3.63, 3.8) is 0 Å². The predicted molar refractivity (Wildman–Crippen MR) is 78.1 cm³/mol. The number of hydrogen-bond acceptors (Lipinski definition) is 4. The summed E-state index contributed by atoms with van der Waals surface area (Å²) < 4.78 is 5.11. The van der Waals surface area contributed by atoms with Gasteiger partial charge in [-0.25, -0.2) is 0 Å². The summed E-state index contributed by atoms with van der Waals surface area (Å²) in [5.41, 5.74) is 0.950. The van der Waals surface area contributed by atoms with Crippen molar-refractivity contribution >= 4 is 11.7 Å². The molecule has 5 nitrogen and oxygen atoms in total. The van der Waals surface area contributed by atoms with Crippen LogP contribution in [0.3, 0.4) is 0 Å². The monoisotopic (exact) mass is 289 g/mol.